The van der Waals surface area contributed by atoms with Crippen LogP contribution in [0.3, 0.4) is 0 Å². The molecule has 0 saturated carbocycles. The van der Waals surface area contributed by atoms with E-state index in [1.54, 1.807) is 13.0 Å². The highest BCUT2D eigenvalue weighted by Crippen LogP contribution is 2.23. The highest BCUT2D eigenvalue weighted by atomic mass is 16.5. The molecule has 2 N–H and O–H groups in total. The number of rotatable bonds is 7. The second kappa shape index (κ2) is 9.28. The second-order valence-corrected chi connectivity index (χ2v) is 6.97. The summed E-state index contributed by atoms with van der Waals surface area (Å²) in [5.41, 5.74) is 5.94. The number of aliphatic hydroxyl groups is 1. The first-order chi connectivity index (χ1) is 14.4. The molecule has 0 saturated heterocycles. The Kier molecular flexibility index (Phi) is 6.54. The summed E-state index contributed by atoms with van der Waals surface area (Å²) in [7, 11) is 0. The molecule has 0 atom stereocenters. The van der Waals surface area contributed by atoms with E-state index in [9.17, 15) is 14.7 Å². The molecule has 7 nitrogen and oxygen atoms in total. The molecule has 2 aromatic heterocycles. The van der Waals surface area contributed by atoms with Crippen molar-refractivity contribution in [2.24, 2.45) is 0 Å². The van der Waals surface area contributed by atoms with Crippen molar-refractivity contribution in [3.8, 4) is 11.3 Å². The molecule has 0 radical (unpaired) electrons. The van der Waals surface area contributed by atoms with Gasteiger partial charge in [-0.2, -0.15) is 0 Å². The summed E-state index contributed by atoms with van der Waals surface area (Å²) in [6.07, 6.45) is 0. The average Bonchev–Trinajstić information content (AvgIpc) is 2.75. The summed E-state index contributed by atoms with van der Waals surface area (Å²) in [5, 5.41) is 12.3. The van der Waals surface area contributed by atoms with E-state index in [4.69, 9.17) is 4.74 Å². The fraction of sp³-hybridized carbons (Fsp3) is 0.217. The number of nitrogens with one attached hydrogen (secondary N) is 1. The van der Waals surface area contributed by atoms with Gasteiger partial charge in [0.05, 0.1) is 29.4 Å². The Morgan fingerprint density at radius 1 is 1.10 bits per heavy atom. The second-order valence-electron chi connectivity index (χ2n) is 6.97. The number of aryl methyl sites for hydroxylation is 3. The standard InChI is InChI=1S/C23H23N3O4/c1-14-7-8-20(18-6-4-5-17(10-18)11-27)25-22(14)23(29)26-21-15(2)9-19(12-30-13-28)24-16(21)3/h4-10,13,27H,11-12H2,1-3H3,(H,26,29). The molecule has 0 bridgehead atoms. The number of hydrogen-bond acceptors (Lipinski definition) is 6. The molecule has 3 rings (SSSR count). The van der Waals surface area contributed by atoms with Crippen LogP contribution in [0, 0.1) is 20.8 Å². The van der Waals surface area contributed by atoms with Gasteiger partial charge in [-0.05, 0) is 55.7 Å². The van der Waals surface area contributed by atoms with Crippen LogP contribution in [0.15, 0.2) is 42.5 Å². The van der Waals surface area contributed by atoms with E-state index in [1.807, 2.05) is 50.2 Å². The first-order valence-corrected chi connectivity index (χ1v) is 9.44. The quantitative estimate of drug-likeness (QED) is 0.584. The molecule has 0 fully saturated rings. The van der Waals surface area contributed by atoms with Crippen LogP contribution >= 0.6 is 0 Å². The van der Waals surface area contributed by atoms with Gasteiger partial charge in [-0.3, -0.25) is 14.6 Å². The maximum atomic E-state index is 13.0. The molecule has 1 aromatic carbocycles. The predicted molar refractivity (Wildman–Crippen MR) is 113 cm³/mol. The molecular weight excluding hydrogens is 382 g/mol. The number of nitrogens with zero attached hydrogens (tertiary/aromatic N) is 2. The lowest BCUT2D eigenvalue weighted by molar-refractivity contribution is -0.129. The molecule has 0 spiro atoms. The fourth-order valence-corrected chi connectivity index (χ4v) is 3.21. The van der Waals surface area contributed by atoms with Gasteiger partial charge in [0.1, 0.15) is 12.3 Å². The van der Waals surface area contributed by atoms with Gasteiger partial charge in [-0.15, -0.1) is 0 Å². The van der Waals surface area contributed by atoms with Gasteiger partial charge in [0.15, 0.2) is 0 Å². The number of amides is 1. The smallest absolute Gasteiger partial charge is 0.293 e. The highest BCUT2D eigenvalue weighted by molar-refractivity contribution is 6.04. The number of benzene rings is 1. The first kappa shape index (κ1) is 21.1. The van der Waals surface area contributed by atoms with Crippen LogP contribution in [0.2, 0.25) is 0 Å². The Hall–Kier alpha value is -3.58. The molecule has 3 aromatic rings. The van der Waals surface area contributed by atoms with Crippen molar-refractivity contribution in [2.45, 2.75) is 34.0 Å². The van der Waals surface area contributed by atoms with E-state index in [1.165, 1.54) is 0 Å². The third-order valence-electron chi connectivity index (χ3n) is 4.71. The van der Waals surface area contributed by atoms with Crippen molar-refractivity contribution in [1.82, 2.24) is 9.97 Å². The zero-order chi connectivity index (χ0) is 21.7. The molecule has 30 heavy (non-hydrogen) atoms. The SMILES string of the molecule is Cc1ccc(-c2cccc(CO)c2)nc1C(=O)Nc1c(C)cc(COC=O)nc1C. The van der Waals surface area contributed by atoms with Crippen molar-refractivity contribution in [3.63, 3.8) is 0 Å². The van der Waals surface area contributed by atoms with E-state index in [0.29, 0.717) is 34.9 Å². The molecule has 0 aliphatic carbocycles. The van der Waals surface area contributed by atoms with Crippen molar-refractivity contribution < 1.29 is 19.4 Å². The average molecular weight is 405 g/mol. The van der Waals surface area contributed by atoms with Gasteiger partial charge in [-0.1, -0.05) is 24.3 Å². The lowest BCUT2D eigenvalue weighted by Crippen LogP contribution is -2.18. The minimum absolute atomic E-state index is 0.0630. The van der Waals surface area contributed by atoms with Crippen LogP contribution in [-0.4, -0.2) is 27.5 Å². The summed E-state index contributed by atoms with van der Waals surface area (Å²) in [6, 6.07) is 12.9. The first-order valence-electron chi connectivity index (χ1n) is 9.44. The molecular formula is C23H23N3O4. The van der Waals surface area contributed by atoms with Crippen LogP contribution < -0.4 is 5.32 Å². The Morgan fingerprint density at radius 3 is 2.60 bits per heavy atom. The highest BCUT2D eigenvalue weighted by Gasteiger charge is 2.16. The topological polar surface area (TPSA) is 101 Å². The molecule has 2 heterocycles. The Bertz CT molecular complexity index is 1070. The van der Waals surface area contributed by atoms with Gasteiger partial charge in [0.2, 0.25) is 0 Å². The normalized spacial score (nSPS) is 10.5. The number of pyridine rings is 2. The number of hydrogen-bond donors (Lipinski definition) is 2. The Labute approximate surface area is 174 Å². The van der Waals surface area contributed by atoms with E-state index >= 15 is 0 Å². The van der Waals surface area contributed by atoms with Crippen LogP contribution in [0.25, 0.3) is 11.3 Å². The zero-order valence-electron chi connectivity index (χ0n) is 17.1. The van der Waals surface area contributed by atoms with Gasteiger partial charge in [-0.25, -0.2) is 4.98 Å². The Morgan fingerprint density at radius 2 is 1.90 bits per heavy atom. The molecule has 0 aliphatic rings. The molecule has 154 valence electrons. The van der Waals surface area contributed by atoms with Gasteiger partial charge in [0, 0.05) is 5.56 Å². The largest absolute Gasteiger partial charge is 0.461 e. The third-order valence-corrected chi connectivity index (χ3v) is 4.71. The summed E-state index contributed by atoms with van der Waals surface area (Å²) in [5.74, 6) is -0.336. The third kappa shape index (κ3) is 4.69. The number of carbonyl (C=O) groups excluding carboxylic acids is 2. The number of aliphatic hydroxyl groups excluding tert-OH is 1. The van der Waals surface area contributed by atoms with Crippen molar-refractivity contribution in [1.29, 1.82) is 0 Å². The minimum Gasteiger partial charge on any atom is -0.461 e. The number of carbonyl (C=O) groups is 2. The van der Waals surface area contributed by atoms with Crippen LogP contribution in [0.5, 0.6) is 0 Å². The molecule has 0 aliphatic heterocycles. The molecule has 0 unspecified atom stereocenters. The molecule has 7 heteroatoms. The predicted octanol–water partition coefficient (Wildman–Crippen LogP) is 3.49. The lowest BCUT2D eigenvalue weighted by atomic mass is 10.1. The number of aromatic nitrogens is 2. The van der Waals surface area contributed by atoms with E-state index in [-0.39, 0.29) is 19.1 Å². The van der Waals surface area contributed by atoms with Crippen molar-refractivity contribution in [2.75, 3.05) is 5.32 Å². The number of anilines is 1. The number of ether oxygens (including phenoxy) is 1. The van der Waals surface area contributed by atoms with Crippen LogP contribution in [0.1, 0.15) is 38.6 Å². The van der Waals surface area contributed by atoms with Crippen molar-refractivity contribution >= 4 is 18.1 Å². The summed E-state index contributed by atoms with van der Waals surface area (Å²) in [4.78, 5) is 32.3. The van der Waals surface area contributed by atoms with Gasteiger partial charge in [0.25, 0.3) is 12.4 Å². The van der Waals surface area contributed by atoms with Gasteiger partial charge >= 0.3 is 0 Å². The fourth-order valence-electron chi connectivity index (χ4n) is 3.21. The lowest BCUT2D eigenvalue weighted by Gasteiger charge is -2.14. The maximum absolute atomic E-state index is 13.0. The van der Waals surface area contributed by atoms with E-state index < -0.39 is 0 Å². The summed E-state index contributed by atoms with van der Waals surface area (Å²) >= 11 is 0. The van der Waals surface area contributed by atoms with Crippen LogP contribution in [0.4, 0.5) is 5.69 Å². The van der Waals surface area contributed by atoms with E-state index in [2.05, 4.69) is 15.3 Å². The summed E-state index contributed by atoms with van der Waals surface area (Å²) < 4.78 is 4.75. The zero-order valence-corrected chi connectivity index (χ0v) is 17.1. The summed E-state index contributed by atoms with van der Waals surface area (Å²) in [6.45, 7) is 5.85. The van der Waals surface area contributed by atoms with Crippen LogP contribution in [-0.2, 0) is 22.7 Å². The molecule has 1 amide bonds. The maximum Gasteiger partial charge on any atom is 0.293 e. The van der Waals surface area contributed by atoms with Crippen molar-refractivity contribution in [3.05, 3.63) is 76.2 Å². The minimum atomic E-state index is -0.336. The monoisotopic (exact) mass is 405 g/mol. The van der Waals surface area contributed by atoms with Gasteiger partial charge < -0.3 is 15.2 Å². The Balaban J connectivity index is 1.89. The van der Waals surface area contributed by atoms with E-state index in [0.717, 1.165) is 22.3 Å².